The van der Waals surface area contributed by atoms with Crippen molar-refractivity contribution in [2.24, 2.45) is 0 Å². The molecule has 1 aromatic carbocycles. The van der Waals surface area contributed by atoms with Crippen molar-refractivity contribution in [3.8, 4) is 17.5 Å². The van der Waals surface area contributed by atoms with Crippen LogP contribution in [0, 0.1) is 31.0 Å². The molecular formula is C17H16FN5O. The Morgan fingerprint density at radius 1 is 1.29 bits per heavy atom. The molecule has 0 aliphatic carbocycles. The largest absolute Gasteiger partial charge is 0.494 e. The maximum atomic E-state index is 14.5. The predicted octanol–water partition coefficient (Wildman–Crippen LogP) is 3.04. The summed E-state index contributed by atoms with van der Waals surface area (Å²) in [7, 11) is 0. The second-order valence-corrected chi connectivity index (χ2v) is 5.33. The molecule has 0 aliphatic rings. The summed E-state index contributed by atoms with van der Waals surface area (Å²) in [6.45, 7) is 5.97. The molecule has 2 heterocycles. The van der Waals surface area contributed by atoms with Crippen LogP contribution in [-0.4, -0.2) is 26.6 Å². The smallest absolute Gasteiger partial charge is 0.152 e. The van der Waals surface area contributed by atoms with Crippen LogP contribution in [0.15, 0.2) is 18.2 Å². The monoisotopic (exact) mass is 325 g/mol. The zero-order valence-corrected chi connectivity index (χ0v) is 13.7. The number of hydrogen-bond acceptors (Lipinski definition) is 5. The molecule has 6 nitrogen and oxygen atoms in total. The van der Waals surface area contributed by atoms with Gasteiger partial charge < -0.3 is 4.74 Å². The summed E-state index contributed by atoms with van der Waals surface area (Å²) in [4.78, 5) is 0. The van der Waals surface area contributed by atoms with E-state index in [1.54, 1.807) is 12.1 Å². The van der Waals surface area contributed by atoms with Crippen LogP contribution in [0.3, 0.4) is 0 Å². The number of benzene rings is 1. The maximum absolute atomic E-state index is 14.5. The number of nitriles is 1. The van der Waals surface area contributed by atoms with E-state index in [9.17, 15) is 4.39 Å². The minimum absolute atomic E-state index is 0.103. The lowest BCUT2D eigenvalue weighted by molar-refractivity contribution is 0.338. The van der Waals surface area contributed by atoms with Crippen molar-refractivity contribution in [3.63, 3.8) is 0 Å². The zero-order chi connectivity index (χ0) is 17.3. The van der Waals surface area contributed by atoms with Gasteiger partial charge in [0, 0.05) is 11.5 Å². The van der Waals surface area contributed by atoms with E-state index in [1.165, 1.54) is 10.7 Å². The van der Waals surface area contributed by atoms with Crippen molar-refractivity contribution in [2.75, 3.05) is 6.61 Å². The first-order valence-electron chi connectivity index (χ1n) is 7.58. The molecule has 0 unspecified atom stereocenters. The highest BCUT2D eigenvalue weighted by molar-refractivity contribution is 5.86. The summed E-state index contributed by atoms with van der Waals surface area (Å²) in [6, 6.07) is 6.72. The van der Waals surface area contributed by atoms with Gasteiger partial charge in [0.05, 0.1) is 30.5 Å². The molecule has 7 heteroatoms. The first kappa shape index (κ1) is 15.9. The number of aromatic nitrogens is 4. The van der Waals surface area contributed by atoms with E-state index in [4.69, 9.17) is 10.00 Å². The zero-order valence-electron chi connectivity index (χ0n) is 13.7. The summed E-state index contributed by atoms with van der Waals surface area (Å²) in [6.07, 6.45) is 0.103. The molecule has 24 heavy (non-hydrogen) atoms. The standard InChI is InChI=1S/C17H16FN5O/c1-4-24-12-5-6-15(13(18)9-12)23-11(3)16-10(2)20-21-14(7-8-19)17(16)22-23/h5-6,9H,4,7H2,1-3H3. The molecule has 0 radical (unpaired) electrons. The summed E-state index contributed by atoms with van der Waals surface area (Å²) in [5.74, 6) is 0.0371. The number of rotatable bonds is 4. The Bertz CT molecular complexity index is 958. The second kappa shape index (κ2) is 6.24. The Morgan fingerprint density at radius 3 is 2.75 bits per heavy atom. The molecule has 0 saturated heterocycles. The molecule has 0 atom stereocenters. The van der Waals surface area contributed by atoms with Crippen LogP contribution < -0.4 is 4.74 Å². The SMILES string of the molecule is CCOc1ccc(-n2nc3c(CC#N)nnc(C)c3c2C)c(F)c1. The quantitative estimate of drug-likeness (QED) is 0.737. The van der Waals surface area contributed by atoms with E-state index in [-0.39, 0.29) is 6.42 Å². The minimum atomic E-state index is -0.433. The maximum Gasteiger partial charge on any atom is 0.152 e. The third kappa shape index (κ3) is 2.56. The second-order valence-electron chi connectivity index (χ2n) is 5.33. The number of nitrogens with zero attached hydrogens (tertiary/aromatic N) is 5. The van der Waals surface area contributed by atoms with Crippen molar-refractivity contribution < 1.29 is 9.13 Å². The Hall–Kier alpha value is -3.01. The van der Waals surface area contributed by atoms with Crippen LogP contribution in [0.2, 0.25) is 0 Å². The van der Waals surface area contributed by atoms with Gasteiger partial charge in [-0.2, -0.15) is 20.6 Å². The topological polar surface area (TPSA) is 76.6 Å². The number of aryl methyl sites for hydroxylation is 2. The molecule has 0 saturated carbocycles. The highest BCUT2D eigenvalue weighted by Gasteiger charge is 2.18. The summed E-state index contributed by atoms with van der Waals surface area (Å²) >= 11 is 0. The van der Waals surface area contributed by atoms with Gasteiger partial charge in [0.15, 0.2) is 5.82 Å². The van der Waals surface area contributed by atoms with Crippen molar-refractivity contribution in [3.05, 3.63) is 41.1 Å². The lowest BCUT2D eigenvalue weighted by Gasteiger charge is -2.08. The third-order valence-electron chi connectivity index (χ3n) is 3.78. The fraction of sp³-hybridized carbons (Fsp3) is 0.294. The van der Waals surface area contributed by atoms with Crippen LogP contribution in [0.25, 0.3) is 16.6 Å². The molecule has 0 spiro atoms. The molecule has 0 fully saturated rings. The van der Waals surface area contributed by atoms with Gasteiger partial charge in [0.1, 0.15) is 22.6 Å². The molecule has 0 aliphatic heterocycles. The van der Waals surface area contributed by atoms with Crippen LogP contribution in [0.4, 0.5) is 4.39 Å². The number of hydrogen-bond donors (Lipinski definition) is 0. The molecule has 3 rings (SSSR count). The van der Waals surface area contributed by atoms with Crippen LogP contribution in [0.5, 0.6) is 5.75 Å². The van der Waals surface area contributed by atoms with Crippen LogP contribution in [0.1, 0.15) is 24.0 Å². The van der Waals surface area contributed by atoms with E-state index >= 15 is 0 Å². The molecule has 0 N–H and O–H groups in total. The highest BCUT2D eigenvalue weighted by Crippen LogP contribution is 2.27. The lowest BCUT2D eigenvalue weighted by atomic mass is 10.1. The van der Waals surface area contributed by atoms with Crippen LogP contribution >= 0.6 is 0 Å². The summed E-state index contributed by atoms with van der Waals surface area (Å²) in [5, 5.41) is 22.3. The van der Waals surface area contributed by atoms with Crippen molar-refractivity contribution >= 4 is 10.9 Å². The first-order valence-corrected chi connectivity index (χ1v) is 7.58. The highest BCUT2D eigenvalue weighted by atomic mass is 19.1. The minimum Gasteiger partial charge on any atom is -0.494 e. The molecule has 122 valence electrons. The average molecular weight is 325 g/mol. The van der Waals surface area contributed by atoms with E-state index < -0.39 is 5.82 Å². The van der Waals surface area contributed by atoms with E-state index in [1.807, 2.05) is 20.8 Å². The summed E-state index contributed by atoms with van der Waals surface area (Å²) < 4.78 is 21.3. The van der Waals surface area contributed by atoms with Crippen molar-refractivity contribution in [2.45, 2.75) is 27.2 Å². The van der Waals surface area contributed by atoms with Gasteiger partial charge in [-0.25, -0.2) is 9.07 Å². The molecular weight excluding hydrogens is 309 g/mol. The van der Waals surface area contributed by atoms with Crippen molar-refractivity contribution in [1.82, 2.24) is 20.0 Å². The predicted molar refractivity (Wildman–Crippen MR) is 86.6 cm³/mol. The van der Waals surface area contributed by atoms with Gasteiger partial charge in [0.2, 0.25) is 0 Å². The van der Waals surface area contributed by atoms with Gasteiger partial charge in [-0.15, -0.1) is 0 Å². The molecule has 0 bridgehead atoms. The molecule has 2 aromatic heterocycles. The van der Waals surface area contributed by atoms with Gasteiger partial charge in [0.25, 0.3) is 0 Å². The van der Waals surface area contributed by atoms with E-state index in [2.05, 4.69) is 21.4 Å². The lowest BCUT2D eigenvalue weighted by Crippen LogP contribution is -2.03. The van der Waals surface area contributed by atoms with Gasteiger partial charge in [-0.3, -0.25) is 0 Å². The van der Waals surface area contributed by atoms with Crippen LogP contribution in [-0.2, 0) is 6.42 Å². The first-order chi connectivity index (χ1) is 11.6. The Balaban J connectivity index is 2.21. The van der Waals surface area contributed by atoms with Gasteiger partial charge in [-0.1, -0.05) is 0 Å². The number of ether oxygens (including phenoxy) is 1. The fourth-order valence-corrected chi connectivity index (χ4v) is 2.71. The Labute approximate surface area is 138 Å². The number of halogens is 1. The Kier molecular flexibility index (Phi) is 4.13. The third-order valence-corrected chi connectivity index (χ3v) is 3.78. The van der Waals surface area contributed by atoms with Crippen molar-refractivity contribution in [1.29, 1.82) is 5.26 Å². The molecule has 3 aromatic rings. The van der Waals surface area contributed by atoms with Gasteiger partial charge in [-0.05, 0) is 32.9 Å². The normalized spacial score (nSPS) is 10.8. The number of fused-ring (bicyclic) bond motifs is 1. The van der Waals surface area contributed by atoms with Gasteiger partial charge >= 0.3 is 0 Å². The Morgan fingerprint density at radius 2 is 2.08 bits per heavy atom. The fourth-order valence-electron chi connectivity index (χ4n) is 2.71. The van der Waals surface area contributed by atoms with E-state index in [0.29, 0.717) is 34.9 Å². The van der Waals surface area contributed by atoms with E-state index in [0.717, 1.165) is 11.1 Å². The molecule has 0 amide bonds. The summed E-state index contributed by atoms with van der Waals surface area (Å²) in [5.41, 5.74) is 2.83. The average Bonchev–Trinajstić information content (AvgIpc) is 2.89.